The zero-order chi connectivity index (χ0) is 25.3. The van der Waals surface area contributed by atoms with Crippen molar-refractivity contribution in [3.05, 3.63) is 0 Å². The molecule has 1 fully saturated rings. The molecule has 1 aliphatic heterocycles. The third-order valence-electron chi connectivity index (χ3n) is 5.65. The van der Waals surface area contributed by atoms with Crippen LogP contribution >= 0.6 is 0 Å². The molecule has 5 unspecified atom stereocenters. The first-order valence-electron chi connectivity index (χ1n) is 10.8. The lowest BCUT2D eigenvalue weighted by Crippen LogP contribution is -2.57. The Morgan fingerprint density at radius 3 is 2.27 bits per heavy atom. The molecule has 13 heteroatoms. The van der Waals surface area contributed by atoms with Gasteiger partial charge in [0, 0.05) is 13.0 Å². The van der Waals surface area contributed by atoms with Gasteiger partial charge in [-0.25, -0.2) is 4.79 Å². The van der Waals surface area contributed by atoms with Crippen molar-refractivity contribution in [1.82, 2.24) is 15.5 Å². The Hall–Kier alpha value is -3.22. The van der Waals surface area contributed by atoms with Crippen molar-refractivity contribution in [2.75, 3.05) is 6.54 Å². The van der Waals surface area contributed by atoms with E-state index in [-0.39, 0.29) is 31.7 Å². The Bertz CT molecular complexity index is 774. The summed E-state index contributed by atoms with van der Waals surface area (Å²) >= 11 is 0. The molecular formula is C20H33N5O8. The number of amides is 4. The van der Waals surface area contributed by atoms with E-state index in [0.29, 0.717) is 12.8 Å². The molecule has 1 rings (SSSR count). The van der Waals surface area contributed by atoms with Gasteiger partial charge in [-0.3, -0.25) is 24.0 Å². The molecule has 0 spiro atoms. The van der Waals surface area contributed by atoms with Crippen LogP contribution in [0.4, 0.5) is 0 Å². The van der Waals surface area contributed by atoms with Crippen LogP contribution < -0.4 is 22.1 Å². The lowest BCUT2D eigenvalue weighted by atomic mass is 9.98. The van der Waals surface area contributed by atoms with Crippen LogP contribution in [-0.2, 0) is 28.8 Å². The first-order valence-corrected chi connectivity index (χ1v) is 10.8. The van der Waals surface area contributed by atoms with Crippen LogP contribution in [0.5, 0.6) is 0 Å². The number of carbonyl (C=O) groups excluding carboxylic acids is 4. The largest absolute Gasteiger partial charge is 0.481 e. The van der Waals surface area contributed by atoms with E-state index in [1.54, 1.807) is 13.8 Å². The Balaban J connectivity index is 2.96. The minimum Gasteiger partial charge on any atom is -0.481 e. The summed E-state index contributed by atoms with van der Waals surface area (Å²) < 4.78 is 0. The molecule has 0 bridgehead atoms. The van der Waals surface area contributed by atoms with Gasteiger partial charge in [0.1, 0.15) is 18.1 Å². The van der Waals surface area contributed by atoms with Crippen molar-refractivity contribution in [3.63, 3.8) is 0 Å². The maximum atomic E-state index is 13.1. The highest BCUT2D eigenvalue weighted by Gasteiger charge is 2.40. The Kier molecular flexibility index (Phi) is 10.7. The molecule has 186 valence electrons. The van der Waals surface area contributed by atoms with E-state index in [4.69, 9.17) is 11.5 Å². The lowest BCUT2D eigenvalue weighted by molar-refractivity contribution is -0.147. The quantitative estimate of drug-likeness (QED) is 0.177. The van der Waals surface area contributed by atoms with Gasteiger partial charge < -0.3 is 37.2 Å². The van der Waals surface area contributed by atoms with Gasteiger partial charge in [0.15, 0.2) is 0 Å². The number of carboxylic acids is 2. The van der Waals surface area contributed by atoms with Crippen molar-refractivity contribution in [2.45, 2.75) is 76.5 Å². The van der Waals surface area contributed by atoms with Gasteiger partial charge in [0.05, 0.1) is 12.5 Å². The van der Waals surface area contributed by atoms with Crippen LogP contribution in [0.3, 0.4) is 0 Å². The summed E-state index contributed by atoms with van der Waals surface area (Å²) in [6, 6.07) is -4.82. The Morgan fingerprint density at radius 2 is 1.76 bits per heavy atom. The van der Waals surface area contributed by atoms with Gasteiger partial charge >= 0.3 is 11.9 Å². The molecule has 0 aromatic heterocycles. The van der Waals surface area contributed by atoms with E-state index in [1.807, 2.05) is 0 Å². The number of nitrogens with one attached hydrogen (secondary N) is 2. The zero-order valence-electron chi connectivity index (χ0n) is 18.8. The number of carboxylic acid groups (broad SMARTS) is 2. The van der Waals surface area contributed by atoms with Crippen LogP contribution in [0.15, 0.2) is 0 Å². The topological polar surface area (TPSA) is 222 Å². The predicted molar refractivity (Wildman–Crippen MR) is 114 cm³/mol. The number of likely N-dealkylation sites (tertiary alicyclic amines) is 1. The maximum absolute atomic E-state index is 13.1. The molecule has 0 aromatic rings. The number of hydrogen-bond donors (Lipinski definition) is 6. The van der Waals surface area contributed by atoms with Gasteiger partial charge in [-0.2, -0.15) is 0 Å². The minimum atomic E-state index is -1.49. The standard InChI is InChI=1S/C20H33N5O8/c1-3-10(2)16(20(32)33)24-18(30)13-5-4-8-25(13)19(31)12(9-15(27)28)23-17(29)11(21)6-7-14(22)26/h10-13,16H,3-9,21H2,1-2H3,(H2,22,26)(H,23,29)(H,24,30)(H,27,28)(H,32,33). The van der Waals surface area contributed by atoms with E-state index in [2.05, 4.69) is 10.6 Å². The first-order chi connectivity index (χ1) is 15.4. The summed E-state index contributed by atoms with van der Waals surface area (Å²) in [5.41, 5.74) is 10.7. The normalized spacial score (nSPS) is 19.1. The monoisotopic (exact) mass is 471 g/mol. The molecule has 0 radical (unpaired) electrons. The number of carbonyl (C=O) groups is 6. The van der Waals surface area contributed by atoms with Gasteiger partial charge in [-0.1, -0.05) is 20.3 Å². The summed E-state index contributed by atoms with van der Waals surface area (Å²) in [5, 5.41) is 23.3. The second-order valence-corrected chi connectivity index (χ2v) is 8.17. The molecule has 8 N–H and O–H groups in total. The Labute approximate surface area is 191 Å². The molecule has 1 saturated heterocycles. The predicted octanol–water partition coefficient (Wildman–Crippen LogP) is -1.85. The molecule has 0 saturated carbocycles. The SMILES string of the molecule is CCC(C)C(NC(=O)C1CCCN1C(=O)C(CC(=O)O)NC(=O)C(N)CCC(N)=O)C(=O)O. The molecule has 1 aliphatic rings. The fourth-order valence-electron chi connectivity index (χ4n) is 3.52. The average molecular weight is 472 g/mol. The second kappa shape index (κ2) is 12.7. The minimum absolute atomic E-state index is 0.0872. The highest BCUT2D eigenvalue weighted by molar-refractivity contribution is 5.96. The number of nitrogens with zero attached hydrogens (tertiary/aromatic N) is 1. The number of primary amides is 1. The summed E-state index contributed by atoms with van der Waals surface area (Å²) in [6.45, 7) is 3.60. The van der Waals surface area contributed by atoms with Crippen LogP contribution in [-0.4, -0.2) is 81.4 Å². The number of nitrogens with two attached hydrogens (primary N) is 2. The molecule has 5 atom stereocenters. The van der Waals surface area contributed by atoms with Gasteiger partial charge in [0.25, 0.3) is 0 Å². The van der Waals surface area contributed by atoms with Crippen LogP contribution in [0.2, 0.25) is 0 Å². The smallest absolute Gasteiger partial charge is 0.326 e. The molecule has 4 amide bonds. The second-order valence-electron chi connectivity index (χ2n) is 8.17. The molecular weight excluding hydrogens is 438 g/mol. The van der Waals surface area contributed by atoms with Crippen LogP contribution in [0.1, 0.15) is 52.4 Å². The lowest BCUT2D eigenvalue weighted by Gasteiger charge is -2.30. The summed E-state index contributed by atoms with van der Waals surface area (Å²) in [6.07, 6.45) is 0.209. The number of hydrogen-bond acceptors (Lipinski definition) is 7. The molecule has 0 aromatic carbocycles. The highest BCUT2D eigenvalue weighted by atomic mass is 16.4. The van der Waals surface area contributed by atoms with E-state index in [1.165, 1.54) is 0 Å². The summed E-state index contributed by atoms with van der Waals surface area (Å²) in [7, 11) is 0. The molecule has 33 heavy (non-hydrogen) atoms. The molecule has 1 heterocycles. The zero-order valence-corrected chi connectivity index (χ0v) is 18.8. The van der Waals surface area contributed by atoms with Crippen LogP contribution in [0, 0.1) is 5.92 Å². The Morgan fingerprint density at radius 1 is 1.12 bits per heavy atom. The summed E-state index contributed by atoms with van der Waals surface area (Å²) in [5.74, 6) is -5.86. The van der Waals surface area contributed by atoms with Gasteiger partial charge in [0.2, 0.25) is 23.6 Å². The number of rotatable bonds is 13. The maximum Gasteiger partial charge on any atom is 0.326 e. The van der Waals surface area contributed by atoms with Gasteiger partial charge in [-0.15, -0.1) is 0 Å². The van der Waals surface area contributed by atoms with Crippen LogP contribution in [0.25, 0.3) is 0 Å². The first kappa shape index (κ1) is 27.8. The average Bonchev–Trinajstić information content (AvgIpc) is 3.23. The van der Waals surface area contributed by atoms with Crippen molar-refractivity contribution >= 4 is 35.6 Å². The van der Waals surface area contributed by atoms with Crippen molar-refractivity contribution in [1.29, 1.82) is 0 Å². The summed E-state index contributed by atoms with van der Waals surface area (Å²) in [4.78, 5) is 73.0. The highest BCUT2D eigenvalue weighted by Crippen LogP contribution is 2.20. The fraction of sp³-hybridized carbons (Fsp3) is 0.700. The van der Waals surface area contributed by atoms with E-state index >= 15 is 0 Å². The third-order valence-corrected chi connectivity index (χ3v) is 5.65. The van der Waals surface area contributed by atoms with E-state index < -0.39 is 66.2 Å². The fourth-order valence-corrected chi connectivity index (χ4v) is 3.52. The van der Waals surface area contributed by atoms with Crippen molar-refractivity contribution in [2.24, 2.45) is 17.4 Å². The van der Waals surface area contributed by atoms with Crippen molar-refractivity contribution < 1.29 is 39.0 Å². The number of aliphatic carboxylic acids is 2. The van der Waals surface area contributed by atoms with Crippen molar-refractivity contribution in [3.8, 4) is 0 Å². The third kappa shape index (κ3) is 8.33. The molecule has 13 nitrogen and oxygen atoms in total. The molecule has 0 aliphatic carbocycles. The van der Waals surface area contributed by atoms with E-state index in [9.17, 15) is 39.0 Å². The van der Waals surface area contributed by atoms with E-state index in [0.717, 1.165) is 4.90 Å². The van der Waals surface area contributed by atoms with Gasteiger partial charge in [-0.05, 0) is 25.2 Å².